The molecule has 1 fully saturated rings. The zero-order valence-corrected chi connectivity index (χ0v) is 12.3. The van der Waals surface area contributed by atoms with Gasteiger partial charge in [-0.15, -0.1) is 11.6 Å². The van der Waals surface area contributed by atoms with E-state index in [1.165, 1.54) is 19.8 Å². The minimum atomic E-state index is -0.181. The van der Waals surface area contributed by atoms with Crippen molar-refractivity contribution in [3.63, 3.8) is 0 Å². The van der Waals surface area contributed by atoms with Gasteiger partial charge in [-0.3, -0.25) is 4.79 Å². The monoisotopic (exact) mass is 272 g/mol. The van der Waals surface area contributed by atoms with E-state index in [0.29, 0.717) is 11.3 Å². The number of carbonyl (C=O) groups excluding carboxylic acids is 1. The highest BCUT2D eigenvalue weighted by Crippen LogP contribution is 2.30. The average Bonchev–Trinajstić information content (AvgIpc) is 2.68. The van der Waals surface area contributed by atoms with Crippen LogP contribution < -0.4 is 0 Å². The number of hydrogen-bond acceptors (Lipinski definition) is 2. The molecule has 1 aliphatic carbocycles. The van der Waals surface area contributed by atoms with Crippen LogP contribution in [0.1, 0.15) is 58.8 Å². The van der Waals surface area contributed by atoms with Crippen LogP contribution in [0.25, 0.3) is 0 Å². The Morgan fingerprint density at radius 1 is 1.44 bits per heavy atom. The second-order valence-electron chi connectivity index (χ2n) is 5.30. The molecule has 3 atom stereocenters. The van der Waals surface area contributed by atoms with Crippen LogP contribution in [-0.2, 0) is 9.53 Å². The molecule has 0 bridgehead atoms. The lowest BCUT2D eigenvalue weighted by Crippen LogP contribution is -2.11. The Morgan fingerprint density at radius 2 is 2.22 bits per heavy atom. The van der Waals surface area contributed by atoms with Gasteiger partial charge in [0, 0.05) is 12.3 Å². The number of esters is 1. The molecule has 0 amide bonds. The van der Waals surface area contributed by atoms with Crippen LogP contribution in [0, 0.1) is 5.92 Å². The molecule has 0 aliphatic heterocycles. The Morgan fingerprint density at radius 3 is 2.83 bits per heavy atom. The molecule has 0 aromatic carbocycles. The fourth-order valence-electron chi connectivity index (χ4n) is 2.46. The number of allylic oxidation sites excluding steroid dienone is 2. The summed E-state index contributed by atoms with van der Waals surface area (Å²) in [6.45, 7) is 3.42. The molecule has 0 aromatic rings. The van der Waals surface area contributed by atoms with Crippen molar-refractivity contribution in [3.8, 4) is 0 Å². The standard InChI is InChI=1S/C15H25ClO2/c1-12(18-13(2)17)7-5-3-4-6-8-14-9-10-15(16)11-14/h6,8,12,14-15H,3-5,7,9-11H2,1-2H3/b8-6+/t12-,14+,15-/m1/s1. The second-order valence-corrected chi connectivity index (χ2v) is 5.92. The normalized spacial score (nSPS) is 25.5. The van der Waals surface area contributed by atoms with Crippen LogP contribution >= 0.6 is 11.6 Å². The van der Waals surface area contributed by atoms with Gasteiger partial charge in [0.05, 0.1) is 6.10 Å². The molecule has 0 unspecified atom stereocenters. The van der Waals surface area contributed by atoms with Gasteiger partial charge in [-0.2, -0.15) is 0 Å². The third-order valence-corrected chi connectivity index (χ3v) is 3.81. The molecule has 1 rings (SSSR count). The molecular formula is C15H25ClO2. The van der Waals surface area contributed by atoms with Crippen molar-refractivity contribution in [2.24, 2.45) is 5.92 Å². The predicted octanol–water partition coefficient (Wildman–Crippen LogP) is 4.46. The van der Waals surface area contributed by atoms with E-state index in [1.807, 2.05) is 6.92 Å². The lowest BCUT2D eigenvalue weighted by molar-refractivity contribution is -0.145. The van der Waals surface area contributed by atoms with Crippen molar-refractivity contribution >= 4 is 17.6 Å². The van der Waals surface area contributed by atoms with Crippen LogP contribution in [0.3, 0.4) is 0 Å². The fraction of sp³-hybridized carbons (Fsp3) is 0.800. The Hall–Kier alpha value is -0.500. The van der Waals surface area contributed by atoms with Gasteiger partial charge in [0.1, 0.15) is 0 Å². The van der Waals surface area contributed by atoms with Gasteiger partial charge in [-0.25, -0.2) is 0 Å². The highest BCUT2D eigenvalue weighted by atomic mass is 35.5. The molecule has 18 heavy (non-hydrogen) atoms. The molecule has 1 aliphatic rings. The zero-order valence-electron chi connectivity index (χ0n) is 11.5. The van der Waals surface area contributed by atoms with Crippen molar-refractivity contribution in [1.29, 1.82) is 0 Å². The van der Waals surface area contributed by atoms with E-state index in [2.05, 4.69) is 12.2 Å². The summed E-state index contributed by atoms with van der Waals surface area (Å²) in [5.74, 6) is 0.520. The summed E-state index contributed by atoms with van der Waals surface area (Å²) in [5.41, 5.74) is 0. The van der Waals surface area contributed by atoms with Gasteiger partial charge in [-0.1, -0.05) is 12.2 Å². The van der Waals surface area contributed by atoms with Crippen molar-refractivity contribution < 1.29 is 9.53 Å². The molecule has 3 heteroatoms. The maximum absolute atomic E-state index is 10.7. The smallest absolute Gasteiger partial charge is 0.302 e. The second kappa shape index (κ2) is 8.58. The van der Waals surface area contributed by atoms with Crippen molar-refractivity contribution in [1.82, 2.24) is 0 Å². The minimum Gasteiger partial charge on any atom is -0.463 e. The quantitative estimate of drug-likeness (QED) is 0.296. The summed E-state index contributed by atoms with van der Waals surface area (Å²) in [6, 6.07) is 0. The summed E-state index contributed by atoms with van der Waals surface area (Å²) in [4.78, 5) is 10.7. The van der Waals surface area contributed by atoms with E-state index in [9.17, 15) is 4.79 Å². The highest BCUT2D eigenvalue weighted by molar-refractivity contribution is 6.20. The number of hydrogen-bond donors (Lipinski definition) is 0. The summed E-state index contributed by atoms with van der Waals surface area (Å²) in [7, 11) is 0. The van der Waals surface area contributed by atoms with E-state index in [4.69, 9.17) is 16.3 Å². The number of halogens is 1. The Bertz CT molecular complexity index is 276. The molecule has 0 N–H and O–H groups in total. The van der Waals surface area contributed by atoms with E-state index in [1.54, 1.807) is 0 Å². The van der Waals surface area contributed by atoms with E-state index < -0.39 is 0 Å². The Kier molecular flexibility index (Phi) is 7.41. The van der Waals surface area contributed by atoms with E-state index in [-0.39, 0.29) is 12.1 Å². The van der Waals surface area contributed by atoms with Crippen molar-refractivity contribution in [2.75, 3.05) is 0 Å². The van der Waals surface area contributed by atoms with E-state index >= 15 is 0 Å². The molecule has 0 aromatic heterocycles. The van der Waals surface area contributed by atoms with Gasteiger partial charge >= 0.3 is 5.97 Å². The lowest BCUT2D eigenvalue weighted by Gasteiger charge is -2.10. The molecule has 104 valence electrons. The Labute approximate surface area is 116 Å². The first-order valence-corrected chi connectivity index (χ1v) is 7.49. The first kappa shape index (κ1) is 15.6. The first-order valence-electron chi connectivity index (χ1n) is 7.06. The molecule has 0 radical (unpaired) electrons. The lowest BCUT2D eigenvalue weighted by atomic mass is 10.1. The first-order chi connectivity index (χ1) is 8.58. The molecule has 1 saturated carbocycles. The van der Waals surface area contributed by atoms with Crippen LogP contribution in [0.2, 0.25) is 0 Å². The van der Waals surface area contributed by atoms with Gasteiger partial charge in [0.15, 0.2) is 0 Å². The maximum atomic E-state index is 10.7. The van der Waals surface area contributed by atoms with Crippen molar-refractivity contribution in [3.05, 3.63) is 12.2 Å². The van der Waals surface area contributed by atoms with Crippen molar-refractivity contribution in [2.45, 2.75) is 70.3 Å². The molecular weight excluding hydrogens is 248 g/mol. The van der Waals surface area contributed by atoms with Gasteiger partial charge in [-0.05, 0) is 57.8 Å². The highest BCUT2D eigenvalue weighted by Gasteiger charge is 2.19. The van der Waals surface area contributed by atoms with Gasteiger partial charge in [0.25, 0.3) is 0 Å². The largest absolute Gasteiger partial charge is 0.463 e. The third-order valence-electron chi connectivity index (χ3n) is 3.42. The Balaban J connectivity index is 1.98. The topological polar surface area (TPSA) is 26.3 Å². The molecule has 2 nitrogen and oxygen atoms in total. The summed E-state index contributed by atoms with van der Waals surface area (Å²) >= 11 is 6.07. The number of unbranched alkanes of at least 4 members (excludes halogenated alkanes) is 2. The van der Waals surface area contributed by atoms with Crippen LogP contribution in [-0.4, -0.2) is 17.5 Å². The van der Waals surface area contributed by atoms with Gasteiger partial charge < -0.3 is 4.74 Å². The summed E-state index contributed by atoms with van der Waals surface area (Å²) in [5, 5.41) is 0.393. The number of carbonyl (C=O) groups is 1. The molecule has 0 spiro atoms. The number of ether oxygens (including phenoxy) is 1. The SMILES string of the molecule is CC(=O)O[C@H](C)CCCC/C=C/[C@H]1CC[C@@H](Cl)C1. The summed E-state index contributed by atoms with van der Waals surface area (Å²) in [6.07, 6.45) is 12.6. The minimum absolute atomic E-state index is 0.0540. The van der Waals surface area contributed by atoms with Crippen LogP contribution in [0.4, 0.5) is 0 Å². The summed E-state index contributed by atoms with van der Waals surface area (Å²) < 4.78 is 5.08. The predicted molar refractivity (Wildman–Crippen MR) is 75.8 cm³/mol. The number of alkyl halides is 1. The number of rotatable bonds is 7. The van der Waals surface area contributed by atoms with Gasteiger partial charge in [0.2, 0.25) is 0 Å². The zero-order chi connectivity index (χ0) is 13.4. The molecule has 0 saturated heterocycles. The van der Waals surface area contributed by atoms with Crippen LogP contribution in [0.15, 0.2) is 12.2 Å². The fourth-order valence-corrected chi connectivity index (χ4v) is 2.81. The third kappa shape index (κ3) is 7.05. The maximum Gasteiger partial charge on any atom is 0.302 e. The van der Waals surface area contributed by atoms with Crippen LogP contribution in [0.5, 0.6) is 0 Å². The van der Waals surface area contributed by atoms with E-state index in [0.717, 1.165) is 32.1 Å². The molecule has 0 heterocycles. The average molecular weight is 273 g/mol.